The van der Waals surface area contributed by atoms with Gasteiger partial charge in [-0.05, 0) is 41.8 Å². The standard InChI is InChI=1S/C11H12S3/c1-3-7-8-6-11(12)14-10(8)5-4-9(7)13-2/h4-6,12H,3H2,1-2H3. The molecule has 0 nitrogen and oxygen atoms in total. The fourth-order valence-corrected chi connectivity index (χ4v) is 3.65. The first-order chi connectivity index (χ1) is 6.76. The number of hydrogen-bond donors (Lipinski definition) is 1. The summed E-state index contributed by atoms with van der Waals surface area (Å²) < 4.78 is 2.46. The fraction of sp³-hybridized carbons (Fsp3) is 0.273. The maximum absolute atomic E-state index is 4.40. The Morgan fingerprint density at radius 2 is 2.21 bits per heavy atom. The Bertz CT molecular complexity index is 457. The highest BCUT2D eigenvalue weighted by molar-refractivity contribution is 7.98. The van der Waals surface area contributed by atoms with Crippen LogP contribution in [0.15, 0.2) is 27.3 Å². The van der Waals surface area contributed by atoms with Crippen molar-refractivity contribution in [3.05, 3.63) is 23.8 Å². The van der Waals surface area contributed by atoms with Crippen molar-refractivity contribution < 1.29 is 0 Å². The van der Waals surface area contributed by atoms with Crippen LogP contribution in [0.2, 0.25) is 0 Å². The second-order valence-corrected chi connectivity index (χ2v) is 5.81. The number of rotatable bonds is 2. The van der Waals surface area contributed by atoms with Crippen molar-refractivity contribution in [2.75, 3.05) is 6.26 Å². The minimum Gasteiger partial charge on any atom is -0.133 e. The molecule has 0 amide bonds. The molecule has 0 atom stereocenters. The molecular formula is C11H12S3. The van der Waals surface area contributed by atoms with Gasteiger partial charge in [-0.15, -0.1) is 35.7 Å². The van der Waals surface area contributed by atoms with E-state index in [0.29, 0.717) is 0 Å². The minimum atomic E-state index is 1.09. The van der Waals surface area contributed by atoms with Crippen LogP contribution in [-0.2, 0) is 6.42 Å². The molecule has 0 N–H and O–H groups in total. The molecule has 0 aliphatic rings. The van der Waals surface area contributed by atoms with Crippen LogP contribution < -0.4 is 0 Å². The maximum atomic E-state index is 4.40. The molecule has 2 rings (SSSR count). The lowest BCUT2D eigenvalue weighted by Gasteiger charge is -2.05. The Hall–Kier alpha value is -0.120. The molecule has 0 radical (unpaired) electrons. The molecule has 14 heavy (non-hydrogen) atoms. The van der Waals surface area contributed by atoms with Gasteiger partial charge in [0.1, 0.15) is 0 Å². The van der Waals surface area contributed by atoms with Crippen LogP contribution in [0.5, 0.6) is 0 Å². The van der Waals surface area contributed by atoms with E-state index in [2.05, 4.69) is 44.0 Å². The number of thioether (sulfide) groups is 1. The average Bonchev–Trinajstić information content (AvgIpc) is 2.56. The van der Waals surface area contributed by atoms with Gasteiger partial charge in [0.15, 0.2) is 0 Å². The van der Waals surface area contributed by atoms with Crippen LogP contribution in [0.1, 0.15) is 12.5 Å². The van der Waals surface area contributed by atoms with Crippen molar-refractivity contribution in [2.45, 2.75) is 22.4 Å². The molecule has 0 saturated heterocycles. The highest BCUT2D eigenvalue weighted by Gasteiger charge is 2.07. The fourth-order valence-electron chi connectivity index (χ4n) is 1.69. The van der Waals surface area contributed by atoms with E-state index in [4.69, 9.17) is 0 Å². The normalized spacial score (nSPS) is 11.1. The summed E-state index contributed by atoms with van der Waals surface area (Å²) in [5.41, 5.74) is 1.46. The predicted molar refractivity (Wildman–Crippen MR) is 70.2 cm³/mol. The number of thiophene rings is 1. The van der Waals surface area contributed by atoms with E-state index in [1.54, 1.807) is 11.3 Å². The van der Waals surface area contributed by atoms with Gasteiger partial charge in [-0.1, -0.05) is 6.92 Å². The van der Waals surface area contributed by atoms with E-state index >= 15 is 0 Å². The highest BCUT2D eigenvalue weighted by atomic mass is 32.2. The van der Waals surface area contributed by atoms with E-state index in [0.717, 1.165) is 10.6 Å². The number of aryl methyl sites for hydroxylation is 1. The third-order valence-corrected chi connectivity index (χ3v) is 4.46. The molecule has 0 spiro atoms. The van der Waals surface area contributed by atoms with Crippen LogP contribution in [0.4, 0.5) is 0 Å². The zero-order valence-electron chi connectivity index (χ0n) is 8.20. The van der Waals surface area contributed by atoms with E-state index in [9.17, 15) is 0 Å². The van der Waals surface area contributed by atoms with E-state index in [1.165, 1.54) is 20.5 Å². The summed E-state index contributed by atoms with van der Waals surface area (Å²) in [5, 5.41) is 1.38. The number of hydrogen-bond acceptors (Lipinski definition) is 3. The molecule has 2 aromatic rings. The topological polar surface area (TPSA) is 0 Å². The van der Waals surface area contributed by atoms with Crippen molar-refractivity contribution in [3.63, 3.8) is 0 Å². The Balaban J connectivity index is 2.75. The van der Waals surface area contributed by atoms with Gasteiger partial charge in [0.2, 0.25) is 0 Å². The summed E-state index contributed by atoms with van der Waals surface area (Å²) in [7, 11) is 0. The quantitative estimate of drug-likeness (QED) is 0.597. The molecule has 0 bridgehead atoms. The van der Waals surface area contributed by atoms with Crippen LogP contribution in [0.3, 0.4) is 0 Å². The monoisotopic (exact) mass is 240 g/mol. The summed E-state index contributed by atoms with van der Waals surface area (Å²) in [6, 6.07) is 6.60. The van der Waals surface area contributed by atoms with Crippen molar-refractivity contribution in [1.29, 1.82) is 0 Å². The Morgan fingerprint density at radius 1 is 1.43 bits per heavy atom. The van der Waals surface area contributed by atoms with Gasteiger partial charge < -0.3 is 0 Å². The lowest BCUT2D eigenvalue weighted by atomic mass is 10.1. The van der Waals surface area contributed by atoms with E-state index in [-0.39, 0.29) is 0 Å². The molecule has 0 fully saturated rings. The highest BCUT2D eigenvalue weighted by Crippen LogP contribution is 2.35. The van der Waals surface area contributed by atoms with Gasteiger partial charge in [-0.3, -0.25) is 0 Å². The first-order valence-electron chi connectivity index (χ1n) is 4.54. The zero-order chi connectivity index (χ0) is 10.1. The molecule has 1 aromatic heterocycles. The molecule has 1 aromatic carbocycles. The Kier molecular flexibility index (Phi) is 3.10. The lowest BCUT2D eigenvalue weighted by molar-refractivity contribution is 1.11. The minimum absolute atomic E-state index is 1.09. The van der Waals surface area contributed by atoms with Crippen LogP contribution in [0.25, 0.3) is 10.1 Å². The third kappa shape index (κ3) is 1.69. The molecule has 74 valence electrons. The molecule has 1 heterocycles. The molecule has 0 aliphatic carbocycles. The molecule has 3 heteroatoms. The summed E-state index contributed by atoms with van der Waals surface area (Å²) >= 11 is 7.98. The summed E-state index contributed by atoms with van der Waals surface area (Å²) in [4.78, 5) is 1.39. The van der Waals surface area contributed by atoms with Crippen molar-refractivity contribution in [3.8, 4) is 0 Å². The lowest BCUT2D eigenvalue weighted by Crippen LogP contribution is -1.84. The summed E-state index contributed by atoms with van der Waals surface area (Å²) in [6.45, 7) is 2.21. The molecule has 0 saturated carbocycles. The molecule has 0 unspecified atom stereocenters. The van der Waals surface area contributed by atoms with Crippen molar-refractivity contribution in [1.82, 2.24) is 0 Å². The van der Waals surface area contributed by atoms with Crippen LogP contribution in [-0.4, -0.2) is 6.26 Å². The van der Waals surface area contributed by atoms with Gasteiger partial charge in [-0.2, -0.15) is 0 Å². The third-order valence-electron chi connectivity index (χ3n) is 2.33. The Labute approximate surface area is 98.1 Å². The van der Waals surface area contributed by atoms with Crippen molar-refractivity contribution >= 4 is 45.8 Å². The van der Waals surface area contributed by atoms with Crippen LogP contribution in [0, 0.1) is 0 Å². The number of thiol groups is 1. The number of fused-ring (bicyclic) bond motifs is 1. The second kappa shape index (κ2) is 4.17. The number of benzene rings is 1. The van der Waals surface area contributed by atoms with Gasteiger partial charge in [0.05, 0.1) is 4.21 Å². The zero-order valence-corrected chi connectivity index (χ0v) is 10.7. The average molecular weight is 240 g/mol. The first-order valence-corrected chi connectivity index (χ1v) is 7.03. The van der Waals surface area contributed by atoms with E-state index in [1.807, 2.05) is 11.8 Å². The Morgan fingerprint density at radius 3 is 2.86 bits per heavy atom. The smallest absolute Gasteiger partial charge is 0.0580 e. The predicted octanol–water partition coefficient (Wildman–Crippen LogP) is 4.47. The largest absolute Gasteiger partial charge is 0.133 e. The van der Waals surface area contributed by atoms with Crippen LogP contribution >= 0.6 is 35.7 Å². The first kappa shape index (κ1) is 10.4. The maximum Gasteiger partial charge on any atom is 0.0580 e. The van der Waals surface area contributed by atoms with Gasteiger partial charge >= 0.3 is 0 Å². The second-order valence-electron chi connectivity index (χ2n) is 3.10. The van der Waals surface area contributed by atoms with Gasteiger partial charge in [0.25, 0.3) is 0 Å². The van der Waals surface area contributed by atoms with Crippen molar-refractivity contribution in [2.24, 2.45) is 0 Å². The molecular weight excluding hydrogens is 228 g/mol. The SMILES string of the molecule is CCc1c(SC)ccc2sc(S)cc12. The summed E-state index contributed by atoms with van der Waals surface area (Å²) in [6.07, 6.45) is 3.23. The van der Waals surface area contributed by atoms with Gasteiger partial charge in [-0.25, -0.2) is 0 Å². The molecule has 0 aliphatic heterocycles. The summed E-state index contributed by atoms with van der Waals surface area (Å²) in [5.74, 6) is 0. The van der Waals surface area contributed by atoms with Gasteiger partial charge in [0, 0.05) is 9.60 Å². The van der Waals surface area contributed by atoms with E-state index < -0.39 is 0 Å².